The largest absolute Gasteiger partial charge is 0.347 e. The van der Waals surface area contributed by atoms with E-state index in [9.17, 15) is 9.59 Å². The van der Waals surface area contributed by atoms with Crippen molar-refractivity contribution in [3.8, 4) is 0 Å². The molecule has 2 heterocycles. The van der Waals surface area contributed by atoms with Crippen molar-refractivity contribution < 1.29 is 9.59 Å². The first-order chi connectivity index (χ1) is 9.59. The summed E-state index contributed by atoms with van der Waals surface area (Å²) in [5, 5.41) is 0. The first kappa shape index (κ1) is 14.5. The van der Waals surface area contributed by atoms with Gasteiger partial charge < -0.3 is 9.80 Å². The number of hydrogen-bond donors (Lipinski definition) is 0. The van der Waals surface area contributed by atoms with Gasteiger partial charge in [-0.25, -0.2) is 0 Å². The lowest BCUT2D eigenvalue weighted by molar-refractivity contribution is -0.142. The van der Waals surface area contributed by atoms with Gasteiger partial charge in [-0.15, -0.1) is 0 Å². The number of rotatable bonds is 4. The van der Waals surface area contributed by atoms with Gasteiger partial charge in [0.05, 0.1) is 0 Å². The fourth-order valence-electron chi connectivity index (χ4n) is 2.56. The van der Waals surface area contributed by atoms with Gasteiger partial charge in [0.25, 0.3) is 0 Å². The van der Waals surface area contributed by atoms with Gasteiger partial charge in [0.2, 0.25) is 11.8 Å². The summed E-state index contributed by atoms with van der Waals surface area (Å²) in [6.07, 6.45) is 6.28. The van der Waals surface area contributed by atoms with Crippen LogP contribution in [0.25, 0.3) is 0 Å². The molecule has 5 heteroatoms. The van der Waals surface area contributed by atoms with Crippen LogP contribution in [0.5, 0.6) is 0 Å². The summed E-state index contributed by atoms with van der Waals surface area (Å²) in [5.41, 5.74) is 1.05. The molecule has 5 nitrogen and oxygen atoms in total. The Hall–Kier alpha value is -1.91. The van der Waals surface area contributed by atoms with E-state index in [-0.39, 0.29) is 17.9 Å². The van der Waals surface area contributed by atoms with Crippen molar-refractivity contribution in [2.75, 3.05) is 20.6 Å². The Morgan fingerprint density at radius 2 is 2.25 bits per heavy atom. The van der Waals surface area contributed by atoms with Gasteiger partial charge >= 0.3 is 0 Å². The molecule has 0 aliphatic carbocycles. The van der Waals surface area contributed by atoms with Gasteiger partial charge in [0, 0.05) is 39.5 Å². The third kappa shape index (κ3) is 3.35. The fourth-order valence-corrected chi connectivity index (χ4v) is 2.56. The first-order valence-electron chi connectivity index (χ1n) is 6.99. The zero-order chi connectivity index (χ0) is 14.5. The molecule has 1 saturated heterocycles. The normalized spacial score (nSPS) is 18.1. The van der Waals surface area contributed by atoms with Crippen molar-refractivity contribution in [3.63, 3.8) is 0 Å². The molecule has 1 unspecified atom stereocenters. The second-order valence-electron chi connectivity index (χ2n) is 5.34. The molecule has 0 saturated carbocycles. The van der Waals surface area contributed by atoms with E-state index in [0.717, 1.165) is 18.4 Å². The SMILES string of the molecule is CN(C)C(=O)C1CCCN1C(=O)CCc1cccnc1. The van der Waals surface area contributed by atoms with Crippen molar-refractivity contribution in [2.24, 2.45) is 0 Å². The topological polar surface area (TPSA) is 53.5 Å². The van der Waals surface area contributed by atoms with Crippen molar-refractivity contribution in [3.05, 3.63) is 30.1 Å². The number of carbonyl (C=O) groups excluding carboxylic acids is 2. The lowest BCUT2D eigenvalue weighted by Gasteiger charge is -2.26. The Kier molecular flexibility index (Phi) is 4.71. The number of likely N-dealkylation sites (tertiary alicyclic amines) is 1. The zero-order valence-corrected chi connectivity index (χ0v) is 12.1. The summed E-state index contributed by atoms with van der Waals surface area (Å²) in [4.78, 5) is 31.7. The molecule has 2 amide bonds. The molecule has 0 aromatic carbocycles. The van der Waals surface area contributed by atoms with Gasteiger partial charge in [-0.2, -0.15) is 0 Å². The molecule has 2 rings (SSSR count). The van der Waals surface area contributed by atoms with Crippen LogP contribution in [0.15, 0.2) is 24.5 Å². The molecule has 0 radical (unpaired) electrons. The predicted molar refractivity (Wildman–Crippen MR) is 76.0 cm³/mol. The molecule has 1 aromatic heterocycles. The Labute approximate surface area is 119 Å². The quantitative estimate of drug-likeness (QED) is 0.826. The van der Waals surface area contributed by atoms with E-state index >= 15 is 0 Å². The second-order valence-corrected chi connectivity index (χ2v) is 5.34. The smallest absolute Gasteiger partial charge is 0.244 e. The molecule has 20 heavy (non-hydrogen) atoms. The Morgan fingerprint density at radius 1 is 1.45 bits per heavy atom. The van der Waals surface area contributed by atoms with Crippen LogP contribution >= 0.6 is 0 Å². The summed E-state index contributed by atoms with van der Waals surface area (Å²) >= 11 is 0. The molecule has 1 aliphatic rings. The number of hydrogen-bond acceptors (Lipinski definition) is 3. The number of aryl methyl sites for hydroxylation is 1. The summed E-state index contributed by atoms with van der Waals surface area (Å²) in [6, 6.07) is 3.56. The number of likely N-dealkylation sites (N-methyl/N-ethyl adjacent to an activating group) is 1. The number of carbonyl (C=O) groups is 2. The Morgan fingerprint density at radius 3 is 2.90 bits per heavy atom. The number of nitrogens with zero attached hydrogens (tertiary/aromatic N) is 3. The van der Waals surface area contributed by atoms with E-state index in [1.807, 2.05) is 12.1 Å². The van der Waals surface area contributed by atoms with Crippen molar-refractivity contribution in [1.82, 2.24) is 14.8 Å². The predicted octanol–water partition coefficient (Wildman–Crippen LogP) is 1.09. The molecular weight excluding hydrogens is 254 g/mol. The lowest BCUT2D eigenvalue weighted by atomic mass is 10.1. The van der Waals surface area contributed by atoms with E-state index < -0.39 is 0 Å². The molecular formula is C15H21N3O2. The van der Waals surface area contributed by atoms with Crippen LogP contribution in [0.3, 0.4) is 0 Å². The summed E-state index contributed by atoms with van der Waals surface area (Å²) in [6.45, 7) is 0.691. The van der Waals surface area contributed by atoms with Crippen LogP contribution < -0.4 is 0 Å². The van der Waals surface area contributed by atoms with Gasteiger partial charge in [0.1, 0.15) is 6.04 Å². The maximum atomic E-state index is 12.3. The highest BCUT2D eigenvalue weighted by Gasteiger charge is 2.34. The third-order valence-corrected chi connectivity index (χ3v) is 3.65. The molecule has 108 valence electrons. The summed E-state index contributed by atoms with van der Waals surface area (Å²) in [7, 11) is 3.47. The molecule has 0 spiro atoms. The molecule has 1 aromatic rings. The van der Waals surface area contributed by atoms with Crippen molar-refractivity contribution in [1.29, 1.82) is 0 Å². The Balaban J connectivity index is 1.93. The minimum Gasteiger partial charge on any atom is -0.347 e. The minimum absolute atomic E-state index is 0.0252. The number of aromatic nitrogens is 1. The van der Waals surface area contributed by atoms with Gasteiger partial charge in [0.15, 0.2) is 0 Å². The Bertz CT molecular complexity index is 473. The standard InChI is InChI=1S/C15H21N3O2/c1-17(2)15(20)13-6-4-10-18(13)14(19)8-7-12-5-3-9-16-11-12/h3,5,9,11,13H,4,6-8,10H2,1-2H3. The van der Waals surface area contributed by atoms with Crippen LogP contribution in [0.2, 0.25) is 0 Å². The van der Waals surface area contributed by atoms with Crippen LogP contribution in [-0.2, 0) is 16.0 Å². The average Bonchev–Trinajstić information content (AvgIpc) is 2.94. The highest BCUT2D eigenvalue weighted by molar-refractivity contribution is 5.88. The first-order valence-corrected chi connectivity index (χ1v) is 6.99. The fraction of sp³-hybridized carbons (Fsp3) is 0.533. The van der Waals surface area contributed by atoms with E-state index in [0.29, 0.717) is 19.4 Å². The monoisotopic (exact) mass is 275 g/mol. The molecule has 1 atom stereocenters. The second kappa shape index (κ2) is 6.50. The highest BCUT2D eigenvalue weighted by Crippen LogP contribution is 2.20. The summed E-state index contributed by atoms with van der Waals surface area (Å²) in [5.74, 6) is 0.0868. The van der Waals surface area contributed by atoms with Crippen LogP contribution in [0, 0.1) is 0 Å². The van der Waals surface area contributed by atoms with Crippen LogP contribution in [0.1, 0.15) is 24.8 Å². The molecule has 1 aliphatic heterocycles. The van der Waals surface area contributed by atoms with Crippen molar-refractivity contribution in [2.45, 2.75) is 31.7 Å². The maximum Gasteiger partial charge on any atom is 0.244 e. The third-order valence-electron chi connectivity index (χ3n) is 3.65. The van der Waals surface area contributed by atoms with E-state index in [2.05, 4.69) is 4.98 Å². The zero-order valence-electron chi connectivity index (χ0n) is 12.1. The highest BCUT2D eigenvalue weighted by atomic mass is 16.2. The van der Waals surface area contributed by atoms with Crippen LogP contribution in [0.4, 0.5) is 0 Å². The molecule has 0 bridgehead atoms. The van der Waals surface area contributed by atoms with Crippen LogP contribution in [-0.4, -0.2) is 53.3 Å². The number of amides is 2. The molecule has 0 N–H and O–H groups in total. The number of pyridine rings is 1. The van der Waals surface area contributed by atoms with Crippen molar-refractivity contribution >= 4 is 11.8 Å². The average molecular weight is 275 g/mol. The van der Waals surface area contributed by atoms with Gasteiger partial charge in [-0.05, 0) is 30.9 Å². The van der Waals surface area contributed by atoms with E-state index in [4.69, 9.17) is 0 Å². The van der Waals surface area contributed by atoms with E-state index in [1.165, 1.54) is 0 Å². The van der Waals surface area contributed by atoms with Gasteiger partial charge in [-0.1, -0.05) is 6.07 Å². The lowest BCUT2D eigenvalue weighted by Crippen LogP contribution is -2.45. The van der Waals surface area contributed by atoms with E-state index in [1.54, 1.807) is 36.3 Å². The minimum atomic E-state index is -0.272. The molecule has 1 fully saturated rings. The maximum absolute atomic E-state index is 12.3. The summed E-state index contributed by atoms with van der Waals surface area (Å²) < 4.78 is 0. The van der Waals surface area contributed by atoms with Gasteiger partial charge in [-0.3, -0.25) is 14.6 Å².